The highest BCUT2D eigenvalue weighted by atomic mass is 32.2. The summed E-state index contributed by atoms with van der Waals surface area (Å²) in [5.41, 5.74) is 0.434. The molecule has 1 N–H and O–H groups in total. The number of Topliss-reactive ketones (excluding diaryl/α,β-unsaturated/α-hetero) is 1. The average Bonchev–Trinajstić information content (AvgIpc) is 3.57. The number of aliphatic hydroxyl groups excluding tert-OH is 1. The van der Waals surface area contributed by atoms with E-state index >= 15 is 0 Å². The van der Waals surface area contributed by atoms with Crippen molar-refractivity contribution in [3.05, 3.63) is 111 Å². The smallest absolute Gasteiger partial charge is 0.301 e. The Morgan fingerprint density at radius 3 is 2.60 bits per heavy atom. The number of nitro benzene ring substituents is 1. The van der Waals surface area contributed by atoms with E-state index in [9.17, 15) is 29.2 Å². The van der Waals surface area contributed by atoms with Gasteiger partial charge >= 0.3 is 5.91 Å². The van der Waals surface area contributed by atoms with Gasteiger partial charge in [0.25, 0.3) is 11.5 Å². The highest BCUT2D eigenvalue weighted by Crippen LogP contribution is 2.44. The predicted octanol–water partition coefficient (Wildman–Crippen LogP) is 6.29. The molecule has 2 heterocycles. The van der Waals surface area contributed by atoms with E-state index in [1.165, 1.54) is 42.1 Å². The van der Waals surface area contributed by atoms with Crippen LogP contribution in [0.2, 0.25) is 0 Å². The van der Waals surface area contributed by atoms with E-state index < -0.39 is 28.4 Å². The number of hydrogen-bond donors (Lipinski definition) is 1. The molecule has 1 unspecified atom stereocenters. The number of aromatic nitrogens is 2. The Balaban J connectivity index is 1.55. The molecule has 4 aromatic rings. The molecule has 3 aromatic carbocycles. The molecule has 1 saturated heterocycles. The molecule has 1 fully saturated rings. The third-order valence-corrected chi connectivity index (χ3v) is 8.46. The molecule has 1 amide bonds. The molecule has 214 valence electrons. The van der Waals surface area contributed by atoms with Gasteiger partial charge in [-0.2, -0.15) is 0 Å². The second kappa shape index (κ2) is 12.5. The zero-order valence-corrected chi connectivity index (χ0v) is 23.7. The molecule has 5 rings (SSSR count). The van der Waals surface area contributed by atoms with E-state index in [1.54, 1.807) is 42.5 Å². The fourth-order valence-electron chi connectivity index (χ4n) is 4.35. The fourth-order valence-corrected chi connectivity index (χ4v) is 6.21. The number of non-ortho nitro benzene ring substituents is 1. The van der Waals surface area contributed by atoms with Crippen LogP contribution in [0.25, 0.3) is 5.76 Å². The number of rotatable bonds is 10. The molecule has 13 heteroatoms. The van der Waals surface area contributed by atoms with E-state index in [4.69, 9.17) is 4.74 Å². The maximum absolute atomic E-state index is 14.1. The van der Waals surface area contributed by atoms with Gasteiger partial charge in [0.1, 0.15) is 17.3 Å². The number of halogens is 1. The number of anilines is 1. The molecule has 0 spiro atoms. The lowest BCUT2D eigenvalue weighted by molar-refractivity contribution is -0.384. The van der Waals surface area contributed by atoms with Gasteiger partial charge in [0.05, 0.1) is 23.1 Å². The number of thioether (sulfide) groups is 1. The minimum atomic E-state index is -1.22. The molecular formula is C29H23FN4O6S2. The highest BCUT2D eigenvalue weighted by molar-refractivity contribution is 8.00. The summed E-state index contributed by atoms with van der Waals surface area (Å²) in [7, 11) is 0. The van der Waals surface area contributed by atoms with E-state index in [0.29, 0.717) is 22.3 Å². The van der Waals surface area contributed by atoms with Crippen molar-refractivity contribution in [2.45, 2.75) is 29.5 Å². The third kappa shape index (κ3) is 5.87. The van der Waals surface area contributed by atoms with Gasteiger partial charge in [-0.1, -0.05) is 60.4 Å². The zero-order valence-electron chi connectivity index (χ0n) is 22.1. The summed E-state index contributed by atoms with van der Waals surface area (Å²) in [6.07, 6.45) is 0.809. The maximum atomic E-state index is 14.1. The van der Waals surface area contributed by atoms with E-state index in [-0.39, 0.29) is 39.1 Å². The lowest BCUT2D eigenvalue weighted by atomic mass is 9.95. The van der Waals surface area contributed by atoms with E-state index in [0.717, 1.165) is 22.7 Å². The van der Waals surface area contributed by atoms with Gasteiger partial charge in [-0.15, -0.1) is 10.2 Å². The molecule has 1 atom stereocenters. The number of carbonyl (C=O) groups is 2. The standard InChI is InChI=1S/C29H23FN4O6S2/c1-2-14-40-21-12-10-17(11-13-21)25(35)23-24(18-7-5-8-20(15-18)34(38)39)33(27(37)26(23)36)28-31-32-29(42-28)41-16-19-6-3-4-9-22(19)30/h3-13,15,24,35H,2,14,16H2,1H3/b25-23-. The number of nitrogens with zero attached hydrogens (tertiary/aromatic N) is 4. The van der Waals surface area contributed by atoms with Crippen molar-refractivity contribution in [1.82, 2.24) is 10.2 Å². The van der Waals surface area contributed by atoms with Crippen molar-refractivity contribution in [3.63, 3.8) is 0 Å². The molecule has 0 saturated carbocycles. The molecule has 42 heavy (non-hydrogen) atoms. The van der Waals surface area contributed by atoms with Gasteiger partial charge < -0.3 is 9.84 Å². The number of amides is 1. The maximum Gasteiger partial charge on any atom is 0.301 e. The monoisotopic (exact) mass is 606 g/mol. The zero-order chi connectivity index (χ0) is 29.8. The van der Waals surface area contributed by atoms with Crippen LogP contribution < -0.4 is 9.64 Å². The Kier molecular flexibility index (Phi) is 8.59. The van der Waals surface area contributed by atoms with Crippen molar-refractivity contribution in [3.8, 4) is 5.75 Å². The van der Waals surface area contributed by atoms with Crippen LogP contribution in [-0.2, 0) is 15.3 Å². The van der Waals surface area contributed by atoms with Gasteiger partial charge in [0, 0.05) is 23.4 Å². The van der Waals surface area contributed by atoms with Crippen LogP contribution in [0.1, 0.15) is 36.1 Å². The summed E-state index contributed by atoms with van der Waals surface area (Å²) in [5, 5.41) is 31.1. The molecular weight excluding hydrogens is 583 g/mol. The molecule has 1 aromatic heterocycles. The van der Waals surface area contributed by atoms with Crippen LogP contribution in [0.4, 0.5) is 15.2 Å². The Morgan fingerprint density at radius 2 is 1.88 bits per heavy atom. The van der Waals surface area contributed by atoms with E-state index in [2.05, 4.69) is 10.2 Å². The third-order valence-electron chi connectivity index (χ3n) is 6.35. The highest BCUT2D eigenvalue weighted by Gasteiger charge is 2.48. The molecule has 0 aliphatic carbocycles. The number of aliphatic hydroxyl groups is 1. The first kappa shape index (κ1) is 28.9. The quantitative estimate of drug-likeness (QED) is 0.0420. The van der Waals surface area contributed by atoms with Gasteiger partial charge in [0.2, 0.25) is 5.13 Å². The summed E-state index contributed by atoms with van der Waals surface area (Å²) >= 11 is 2.21. The van der Waals surface area contributed by atoms with Crippen LogP contribution in [0.3, 0.4) is 0 Å². The van der Waals surface area contributed by atoms with Crippen LogP contribution >= 0.6 is 23.1 Å². The van der Waals surface area contributed by atoms with E-state index in [1.807, 2.05) is 6.92 Å². The summed E-state index contributed by atoms with van der Waals surface area (Å²) in [6, 6.07) is 16.9. The van der Waals surface area contributed by atoms with Crippen molar-refractivity contribution < 1.29 is 28.7 Å². The number of carbonyl (C=O) groups excluding carboxylic acids is 2. The Hall–Kier alpha value is -4.62. The SMILES string of the molecule is CCCOc1ccc(/C(O)=C2/C(=O)C(=O)N(c3nnc(SCc4ccccc4F)s3)C2c2cccc([N+](=O)[O-])c2)cc1. The summed E-state index contributed by atoms with van der Waals surface area (Å²) in [5.74, 6) is -1.95. The Bertz CT molecular complexity index is 1690. The van der Waals surface area contributed by atoms with Crippen molar-refractivity contribution in [2.75, 3.05) is 11.5 Å². The topological polar surface area (TPSA) is 136 Å². The first-order chi connectivity index (χ1) is 20.3. The summed E-state index contributed by atoms with van der Waals surface area (Å²) < 4.78 is 20.1. The largest absolute Gasteiger partial charge is 0.507 e. The number of ketones is 1. The molecule has 0 radical (unpaired) electrons. The number of hydrogen-bond acceptors (Lipinski definition) is 10. The molecule has 1 aliphatic heterocycles. The fraction of sp³-hybridized carbons (Fsp3) is 0.172. The lowest BCUT2D eigenvalue weighted by Gasteiger charge is -2.22. The average molecular weight is 607 g/mol. The summed E-state index contributed by atoms with van der Waals surface area (Å²) in [6.45, 7) is 2.47. The Morgan fingerprint density at radius 1 is 1.12 bits per heavy atom. The molecule has 10 nitrogen and oxygen atoms in total. The Labute approximate surface area is 247 Å². The first-order valence-corrected chi connectivity index (χ1v) is 14.6. The van der Waals surface area contributed by atoms with Crippen molar-refractivity contribution in [1.29, 1.82) is 0 Å². The lowest BCUT2D eigenvalue weighted by Crippen LogP contribution is -2.29. The first-order valence-electron chi connectivity index (χ1n) is 12.8. The second-order valence-corrected chi connectivity index (χ2v) is 11.3. The minimum Gasteiger partial charge on any atom is -0.507 e. The van der Waals surface area contributed by atoms with Gasteiger partial charge in [0.15, 0.2) is 4.34 Å². The number of ether oxygens (including phenoxy) is 1. The normalized spacial score (nSPS) is 16.1. The van der Waals surface area contributed by atoms with Gasteiger partial charge in [-0.05, 0) is 47.9 Å². The van der Waals surface area contributed by atoms with Gasteiger partial charge in [-0.25, -0.2) is 4.39 Å². The second-order valence-electron chi connectivity index (χ2n) is 9.12. The molecule has 0 bridgehead atoms. The van der Waals surface area contributed by atoms with Crippen molar-refractivity contribution in [2.24, 2.45) is 0 Å². The minimum absolute atomic E-state index is 0.0482. The number of nitro groups is 1. The van der Waals surface area contributed by atoms with Crippen LogP contribution in [0.15, 0.2) is 82.7 Å². The predicted molar refractivity (Wildman–Crippen MR) is 156 cm³/mol. The van der Waals surface area contributed by atoms with Gasteiger partial charge in [-0.3, -0.25) is 24.6 Å². The van der Waals surface area contributed by atoms with Crippen LogP contribution in [-0.4, -0.2) is 38.5 Å². The number of benzene rings is 3. The van der Waals surface area contributed by atoms with Crippen molar-refractivity contribution >= 4 is 51.4 Å². The van der Waals surface area contributed by atoms with Crippen LogP contribution in [0, 0.1) is 15.9 Å². The summed E-state index contributed by atoms with van der Waals surface area (Å²) in [4.78, 5) is 38.9. The van der Waals surface area contributed by atoms with Crippen LogP contribution in [0.5, 0.6) is 5.75 Å². The molecule has 1 aliphatic rings.